The Hall–Kier alpha value is -1.46. The van der Waals surface area contributed by atoms with Gasteiger partial charge in [-0.05, 0) is 31.5 Å². The number of carbonyl (C=O) groups excluding carboxylic acids is 1. The van der Waals surface area contributed by atoms with E-state index < -0.39 is 0 Å². The van der Waals surface area contributed by atoms with E-state index in [4.69, 9.17) is 21.4 Å². The van der Waals surface area contributed by atoms with Crippen LogP contribution in [0.4, 0.5) is 10.5 Å². The molecular formula is C14H21ClN2O3. The fourth-order valence-electron chi connectivity index (χ4n) is 1.66. The third kappa shape index (κ3) is 4.90. The molecule has 0 heterocycles. The number of anilines is 1. The molecule has 6 heteroatoms. The lowest BCUT2D eigenvalue weighted by atomic mass is 10.3. The maximum Gasteiger partial charge on any atom is 0.322 e. The number of ether oxygens (including phenoxy) is 1. The number of carbonyl (C=O) groups is 1. The molecule has 20 heavy (non-hydrogen) atoms. The second kappa shape index (κ2) is 8.66. The van der Waals surface area contributed by atoms with Crippen LogP contribution in [0.15, 0.2) is 18.2 Å². The van der Waals surface area contributed by atoms with Crippen molar-refractivity contribution >= 4 is 23.3 Å². The molecule has 0 saturated heterocycles. The number of aliphatic hydroxyl groups is 1. The van der Waals surface area contributed by atoms with E-state index in [1.807, 2.05) is 13.8 Å². The first-order valence-corrected chi connectivity index (χ1v) is 7.09. The number of benzene rings is 1. The summed E-state index contributed by atoms with van der Waals surface area (Å²) in [4.78, 5) is 13.6. The van der Waals surface area contributed by atoms with Crippen molar-refractivity contribution in [3.05, 3.63) is 23.2 Å². The van der Waals surface area contributed by atoms with Gasteiger partial charge in [0.1, 0.15) is 5.75 Å². The number of rotatable bonds is 7. The summed E-state index contributed by atoms with van der Waals surface area (Å²) in [6, 6.07) is 4.81. The molecule has 0 radical (unpaired) electrons. The minimum Gasteiger partial charge on any atom is -0.491 e. The quantitative estimate of drug-likeness (QED) is 0.814. The van der Waals surface area contributed by atoms with Gasteiger partial charge < -0.3 is 20.1 Å². The number of hydrogen-bond acceptors (Lipinski definition) is 3. The molecule has 0 fully saturated rings. The molecule has 0 unspecified atom stereocenters. The van der Waals surface area contributed by atoms with Gasteiger partial charge in [0.25, 0.3) is 0 Å². The van der Waals surface area contributed by atoms with Crippen LogP contribution in [-0.2, 0) is 0 Å². The number of urea groups is 1. The van der Waals surface area contributed by atoms with Crippen molar-refractivity contribution < 1.29 is 14.6 Å². The van der Waals surface area contributed by atoms with Crippen molar-refractivity contribution in [2.75, 3.05) is 31.6 Å². The summed E-state index contributed by atoms with van der Waals surface area (Å²) in [6.07, 6.45) is 0.877. The fourth-order valence-corrected chi connectivity index (χ4v) is 1.83. The van der Waals surface area contributed by atoms with E-state index in [9.17, 15) is 4.79 Å². The molecule has 1 aromatic carbocycles. The molecule has 0 atom stereocenters. The van der Waals surface area contributed by atoms with Crippen LogP contribution in [0.2, 0.25) is 5.02 Å². The van der Waals surface area contributed by atoms with E-state index in [1.165, 1.54) is 4.90 Å². The first-order valence-electron chi connectivity index (χ1n) is 6.71. The molecule has 0 aliphatic heterocycles. The van der Waals surface area contributed by atoms with Crippen LogP contribution >= 0.6 is 11.6 Å². The van der Waals surface area contributed by atoms with Crippen molar-refractivity contribution in [2.45, 2.75) is 20.3 Å². The van der Waals surface area contributed by atoms with Crippen LogP contribution in [0, 0.1) is 0 Å². The molecule has 0 saturated carbocycles. The highest BCUT2D eigenvalue weighted by Gasteiger charge is 2.14. The van der Waals surface area contributed by atoms with Crippen molar-refractivity contribution in [2.24, 2.45) is 0 Å². The van der Waals surface area contributed by atoms with Gasteiger partial charge in [0.05, 0.1) is 18.9 Å². The molecule has 5 nitrogen and oxygen atoms in total. The van der Waals surface area contributed by atoms with E-state index in [0.29, 0.717) is 29.6 Å². The van der Waals surface area contributed by atoms with Gasteiger partial charge >= 0.3 is 6.03 Å². The standard InChI is InChI=1S/C14H21ClN2O3/c1-3-9-20-13-6-5-11(15)10-12(13)16-14(19)17(4-2)7-8-18/h5-6,10,18H,3-4,7-9H2,1-2H3,(H,16,19). The van der Waals surface area contributed by atoms with Gasteiger partial charge in [0.2, 0.25) is 0 Å². The topological polar surface area (TPSA) is 61.8 Å². The second-order valence-electron chi connectivity index (χ2n) is 4.22. The Kier molecular flexibility index (Phi) is 7.18. The molecule has 2 N–H and O–H groups in total. The molecule has 0 aliphatic rings. The summed E-state index contributed by atoms with van der Waals surface area (Å²) in [5.74, 6) is 0.588. The van der Waals surface area contributed by atoms with Crippen molar-refractivity contribution in [1.82, 2.24) is 4.90 Å². The van der Waals surface area contributed by atoms with Gasteiger partial charge in [0.15, 0.2) is 0 Å². The molecule has 0 aliphatic carbocycles. The molecule has 0 bridgehead atoms. The van der Waals surface area contributed by atoms with Crippen molar-refractivity contribution in [1.29, 1.82) is 0 Å². The Labute approximate surface area is 124 Å². The first-order chi connectivity index (χ1) is 9.62. The third-order valence-corrected chi connectivity index (χ3v) is 2.92. The van der Waals surface area contributed by atoms with Gasteiger partial charge in [-0.3, -0.25) is 0 Å². The average molecular weight is 301 g/mol. The molecule has 1 rings (SSSR count). The maximum absolute atomic E-state index is 12.1. The van der Waals surface area contributed by atoms with Crippen LogP contribution in [-0.4, -0.2) is 42.3 Å². The molecule has 0 spiro atoms. The Balaban J connectivity index is 2.83. The van der Waals surface area contributed by atoms with E-state index in [0.717, 1.165) is 6.42 Å². The Morgan fingerprint density at radius 2 is 2.20 bits per heavy atom. The van der Waals surface area contributed by atoms with Crippen LogP contribution < -0.4 is 10.1 Å². The van der Waals surface area contributed by atoms with Gasteiger partial charge in [-0.2, -0.15) is 0 Å². The Morgan fingerprint density at radius 1 is 1.45 bits per heavy atom. The van der Waals surface area contributed by atoms with Crippen LogP contribution in [0.25, 0.3) is 0 Å². The monoisotopic (exact) mass is 300 g/mol. The lowest BCUT2D eigenvalue weighted by Gasteiger charge is -2.21. The van der Waals surface area contributed by atoms with Crippen molar-refractivity contribution in [3.63, 3.8) is 0 Å². The van der Waals surface area contributed by atoms with Gasteiger partial charge in [0, 0.05) is 18.1 Å². The predicted octanol–water partition coefficient (Wildman–Crippen LogP) is 2.97. The fraction of sp³-hybridized carbons (Fsp3) is 0.500. The normalized spacial score (nSPS) is 10.2. The highest BCUT2D eigenvalue weighted by Crippen LogP contribution is 2.28. The molecule has 2 amide bonds. The zero-order chi connectivity index (χ0) is 15.0. The van der Waals surface area contributed by atoms with Gasteiger partial charge in [-0.15, -0.1) is 0 Å². The highest BCUT2D eigenvalue weighted by atomic mass is 35.5. The summed E-state index contributed by atoms with van der Waals surface area (Å²) in [6.45, 7) is 5.15. The number of hydrogen-bond donors (Lipinski definition) is 2. The van der Waals surface area contributed by atoms with E-state index in [1.54, 1.807) is 18.2 Å². The summed E-state index contributed by atoms with van der Waals surface area (Å²) >= 11 is 5.95. The van der Waals surface area contributed by atoms with E-state index in [2.05, 4.69) is 5.32 Å². The van der Waals surface area contributed by atoms with Crippen LogP contribution in [0.3, 0.4) is 0 Å². The van der Waals surface area contributed by atoms with Crippen molar-refractivity contribution in [3.8, 4) is 5.75 Å². The molecular weight excluding hydrogens is 280 g/mol. The molecule has 112 valence electrons. The summed E-state index contributed by atoms with van der Waals surface area (Å²) < 4.78 is 5.57. The molecule has 0 aromatic heterocycles. The highest BCUT2D eigenvalue weighted by molar-refractivity contribution is 6.31. The summed E-state index contributed by atoms with van der Waals surface area (Å²) in [7, 11) is 0. The molecule has 1 aromatic rings. The van der Waals surface area contributed by atoms with Crippen LogP contribution in [0.5, 0.6) is 5.75 Å². The predicted molar refractivity (Wildman–Crippen MR) is 80.6 cm³/mol. The van der Waals surface area contributed by atoms with E-state index >= 15 is 0 Å². The summed E-state index contributed by atoms with van der Waals surface area (Å²) in [5, 5.41) is 12.2. The number of likely N-dealkylation sites (N-methyl/N-ethyl adjacent to an activating group) is 1. The zero-order valence-corrected chi connectivity index (χ0v) is 12.6. The number of nitrogens with zero attached hydrogens (tertiary/aromatic N) is 1. The smallest absolute Gasteiger partial charge is 0.322 e. The number of aliphatic hydroxyl groups excluding tert-OH is 1. The number of amides is 2. The minimum atomic E-state index is -0.287. The van der Waals surface area contributed by atoms with E-state index in [-0.39, 0.29) is 19.2 Å². The zero-order valence-electron chi connectivity index (χ0n) is 11.9. The minimum absolute atomic E-state index is 0.0734. The largest absolute Gasteiger partial charge is 0.491 e. The number of halogens is 1. The van der Waals surface area contributed by atoms with Gasteiger partial charge in [-0.25, -0.2) is 4.79 Å². The second-order valence-corrected chi connectivity index (χ2v) is 4.66. The average Bonchev–Trinajstić information content (AvgIpc) is 2.43. The first kappa shape index (κ1) is 16.6. The maximum atomic E-state index is 12.1. The Morgan fingerprint density at radius 3 is 2.80 bits per heavy atom. The summed E-state index contributed by atoms with van der Waals surface area (Å²) in [5.41, 5.74) is 0.535. The SMILES string of the molecule is CCCOc1ccc(Cl)cc1NC(=O)N(CC)CCO. The number of nitrogens with one attached hydrogen (secondary N) is 1. The third-order valence-electron chi connectivity index (χ3n) is 2.68. The Bertz CT molecular complexity index is 440. The lowest BCUT2D eigenvalue weighted by molar-refractivity contribution is 0.192. The van der Waals surface area contributed by atoms with Crippen LogP contribution in [0.1, 0.15) is 20.3 Å². The van der Waals surface area contributed by atoms with Gasteiger partial charge in [-0.1, -0.05) is 18.5 Å². The lowest BCUT2D eigenvalue weighted by Crippen LogP contribution is -2.36.